The van der Waals surface area contributed by atoms with E-state index >= 15 is 0 Å². The number of hydrogen-bond donors (Lipinski definition) is 2. The van der Waals surface area contributed by atoms with Gasteiger partial charge < -0.3 is 15.4 Å². The van der Waals surface area contributed by atoms with Gasteiger partial charge in [-0.2, -0.15) is 5.10 Å². The summed E-state index contributed by atoms with van der Waals surface area (Å²) in [5.74, 6) is 0.0522. The molecule has 2 heterocycles. The lowest BCUT2D eigenvalue weighted by atomic mass is 10.1. The molecule has 112 valence electrons. The molecule has 1 amide bonds. The molecule has 0 unspecified atom stereocenters. The first-order valence-corrected chi connectivity index (χ1v) is 7.26. The van der Waals surface area contributed by atoms with E-state index in [4.69, 9.17) is 4.74 Å². The molecule has 0 aliphatic carbocycles. The van der Waals surface area contributed by atoms with Crippen LogP contribution in [-0.2, 0) is 9.53 Å². The van der Waals surface area contributed by atoms with Crippen LogP contribution in [0.25, 0.3) is 0 Å². The third kappa shape index (κ3) is 4.31. The Balaban J connectivity index is 1.69. The van der Waals surface area contributed by atoms with Crippen molar-refractivity contribution in [3.05, 3.63) is 18.5 Å². The van der Waals surface area contributed by atoms with Crippen molar-refractivity contribution in [1.29, 1.82) is 0 Å². The van der Waals surface area contributed by atoms with Crippen LogP contribution in [0.2, 0.25) is 0 Å². The molecule has 0 bridgehead atoms. The average molecular weight is 280 g/mol. The van der Waals surface area contributed by atoms with Gasteiger partial charge in [-0.3, -0.25) is 9.48 Å². The fraction of sp³-hybridized carbons (Fsp3) is 0.714. The largest absolute Gasteiger partial charge is 0.381 e. The molecule has 1 saturated heterocycles. The maximum Gasteiger partial charge on any atom is 0.234 e. The molecule has 0 radical (unpaired) electrons. The zero-order chi connectivity index (χ0) is 14.4. The van der Waals surface area contributed by atoms with Gasteiger partial charge in [0.2, 0.25) is 5.91 Å². The predicted molar refractivity (Wildman–Crippen MR) is 76.4 cm³/mol. The van der Waals surface area contributed by atoms with E-state index in [2.05, 4.69) is 29.6 Å². The number of hydrogen-bond acceptors (Lipinski definition) is 4. The zero-order valence-corrected chi connectivity index (χ0v) is 12.2. The van der Waals surface area contributed by atoms with Crippen LogP contribution in [0, 0.1) is 0 Å². The third-order valence-corrected chi connectivity index (χ3v) is 3.84. The molecule has 6 nitrogen and oxygen atoms in total. The SMILES string of the molecule is C[C@H]([C@@H](C)NCC(=O)NC1CCOCC1)n1cccn1. The Morgan fingerprint density at radius 3 is 2.85 bits per heavy atom. The molecule has 1 aliphatic rings. The van der Waals surface area contributed by atoms with Crippen LogP contribution < -0.4 is 10.6 Å². The maximum atomic E-state index is 11.9. The van der Waals surface area contributed by atoms with Crippen LogP contribution in [0.1, 0.15) is 32.7 Å². The minimum absolute atomic E-state index is 0.0522. The van der Waals surface area contributed by atoms with Crippen molar-refractivity contribution in [2.24, 2.45) is 0 Å². The minimum atomic E-state index is 0.0522. The standard InChI is InChI=1S/C14H24N4O2/c1-11(12(2)18-7-3-6-16-18)15-10-14(19)17-13-4-8-20-9-5-13/h3,6-7,11-13,15H,4-5,8-10H2,1-2H3,(H,17,19)/t11-,12-/m1/s1. The van der Waals surface area contributed by atoms with Crippen molar-refractivity contribution in [2.45, 2.75) is 44.8 Å². The van der Waals surface area contributed by atoms with Crippen molar-refractivity contribution in [1.82, 2.24) is 20.4 Å². The first-order valence-electron chi connectivity index (χ1n) is 7.26. The Labute approximate surface area is 119 Å². The number of aromatic nitrogens is 2. The van der Waals surface area contributed by atoms with Gasteiger partial charge in [-0.05, 0) is 32.8 Å². The summed E-state index contributed by atoms with van der Waals surface area (Å²) in [7, 11) is 0. The lowest BCUT2D eigenvalue weighted by Crippen LogP contribution is -2.45. The van der Waals surface area contributed by atoms with E-state index in [0.717, 1.165) is 26.1 Å². The zero-order valence-electron chi connectivity index (χ0n) is 12.2. The number of carbonyl (C=O) groups is 1. The van der Waals surface area contributed by atoms with Gasteiger partial charge in [-0.15, -0.1) is 0 Å². The minimum Gasteiger partial charge on any atom is -0.381 e. The molecule has 0 spiro atoms. The summed E-state index contributed by atoms with van der Waals surface area (Å²) < 4.78 is 7.17. The van der Waals surface area contributed by atoms with Crippen molar-refractivity contribution in [3.8, 4) is 0 Å². The topological polar surface area (TPSA) is 68.2 Å². The quantitative estimate of drug-likeness (QED) is 0.805. The fourth-order valence-electron chi connectivity index (χ4n) is 2.30. The maximum absolute atomic E-state index is 11.9. The van der Waals surface area contributed by atoms with E-state index in [1.54, 1.807) is 6.20 Å². The van der Waals surface area contributed by atoms with Gasteiger partial charge in [0.1, 0.15) is 0 Å². The highest BCUT2D eigenvalue weighted by molar-refractivity contribution is 5.78. The van der Waals surface area contributed by atoms with E-state index < -0.39 is 0 Å². The van der Waals surface area contributed by atoms with Crippen LogP contribution >= 0.6 is 0 Å². The lowest BCUT2D eigenvalue weighted by molar-refractivity contribution is -0.121. The second-order valence-corrected chi connectivity index (χ2v) is 5.35. The average Bonchev–Trinajstić information content (AvgIpc) is 2.99. The molecule has 1 aromatic rings. The Hall–Kier alpha value is -1.40. The monoisotopic (exact) mass is 280 g/mol. The Morgan fingerprint density at radius 1 is 1.45 bits per heavy atom. The van der Waals surface area contributed by atoms with Crippen LogP contribution in [-0.4, -0.2) is 47.5 Å². The van der Waals surface area contributed by atoms with Crippen LogP contribution in [0.15, 0.2) is 18.5 Å². The lowest BCUT2D eigenvalue weighted by Gasteiger charge is -2.25. The van der Waals surface area contributed by atoms with E-state index in [1.807, 2.05) is 16.9 Å². The molecule has 20 heavy (non-hydrogen) atoms. The molecule has 1 fully saturated rings. The number of ether oxygens (including phenoxy) is 1. The van der Waals surface area contributed by atoms with Gasteiger partial charge in [-0.25, -0.2) is 0 Å². The number of nitrogens with zero attached hydrogens (tertiary/aromatic N) is 2. The second-order valence-electron chi connectivity index (χ2n) is 5.35. The summed E-state index contributed by atoms with van der Waals surface area (Å²) in [6.07, 6.45) is 5.52. The number of rotatable bonds is 6. The van der Waals surface area contributed by atoms with Crippen molar-refractivity contribution in [3.63, 3.8) is 0 Å². The van der Waals surface area contributed by atoms with Gasteiger partial charge in [0, 0.05) is 37.7 Å². The summed E-state index contributed by atoms with van der Waals surface area (Å²) in [5.41, 5.74) is 0. The third-order valence-electron chi connectivity index (χ3n) is 3.84. The highest BCUT2D eigenvalue weighted by Gasteiger charge is 2.18. The van der Waals surface area contributed by atoms with Crippen LogP contribution in [0.4, 0.5) is 0 Å². The molecule has 1 aliphatic heterocycles. The summed E-state index contributed by atoms with van der Waals surface area (Å²) in [5, 5.41) is 10.5. The fourth-order valence-corrected chi connectivity index (χ4v) is 2.30. The number of amides is 1. The Bertz CT molecular complexity index is 401. The second kappa shape index (κ2) is 7.40. The Morgan fingerprint density at radius 2 is 2.20 bits per heavy atom. The number of nitrogens with one attached hydrogen (secondary N) is 2. The summed E-state index contributed by atoms with van der Waals surface area (Å²) in [4.78, 5) is 11.9. The van der Waals surface area contributed by atoms with Gasteiger partial charge in [-0.1, -0.05) is 0 Å². The first-order chi connectivity index (χ1) is 9.66. The molecule has 2 atom stereocenters. The summed E-state index contributed by atoms with van der Waals surface area (Å²) in [6.45, 7) is 5.97. The highest BCUT2D eigenvalue weighted by Crippen LogP contribution is 2.09. The molecule has 6 heteroatoms. The molecule has 2 N–H and O–H groups in total. The van der Waals surface area contributed by atoms with Gasteiger partial charge in [0.25, 0.3) is 0 Å². The molecule has 1 aromatic heterocycles. The molecule has 0 aromatic carbocycles. The van der Waals surface area contributed by atoms with Gasteiger partial charge >= 0.3 is 0 Å². The molecular weight excluding hydrogens is 256 g/mol. The predicted octanol–water partition coefficient (Wildman–Crippen LogP) is 0.717. The van der Waals surface area contributed by atoms with E-state index in [0.29, 0.717) is 6.54 Å². The van der Waals surface area contributed by atoms with E-state index in [9.17, 15) is 4.79 Å². The summed E-state index contributed by atoms with van der Waals surface area (Å²) >= 11 is 0. The molecular formula is C14H24N4O2. The van der Waals surface area contributed by atoms with Crippen LogP contribution in [0.3, 0.4) is 0 Å². The molecule has 0 saturated carbocycles. The van der Waals surface area contributed by atoms with Gasteiger partial charge in [0.05, 0.1) is 12.6 Å². The molecule has 2 rings (SSSR count). The van der Waals surface area contributed by atoms with Crippen molar-refractivity contribution < 1.29 is 9.53 Å². The van der Waals surface area contributed by atoms with Crippen molar-refractivity contribution in [2.75, 3.05) is 19.8 Å². The van der Waals surface area contributed by atoms with Gasteiger partial charge in [0.15, 0.2) is 0 Å². The first kappa shape index (κ1) is 15.0. The smallest absolute Gasteiger partial charge is 0.234 e. The highest BCUT2D eigenvalue weighted by atomic mass is 16.5. The van der Waals surface area contributed by atoms with E-state index in [1.165, 1.54) is 0 Å². The van der Waals surface area contributed by atoms with Crippen LogP contribution in [0.5, 0.6) is 0 Å². The van der Waals surface area contributed by atoms with Crippen molar-refractivity contribution >= 4 is 5.91 Å². The van der Waals surface area contributed by atoms with E-state index in [-0.39, 0.29) is 24.0 Å². The Kier molecular flexibility index (Phi) is 5.55. The normalized spacial score (nSPS) is 19.5. The summed E-state index contributed by atoms with van der Waals surface area (Å²) in [6, 6.07) is 2.55. The number of carbonyl (C=O) groups excluding carboxylic acids is 1.